The highest BCUT2D eigenvalue weighted by Gasteiger charge is 2.57. The summed E-state index contributed by atoms with van der Waals surface area (Å²) in [6, 6.07) is -1.38. The Hall–Kier alpha value is -6.79. The van der Waals surface area contributed by atoms with Crippen molar-refractivity contribution in [3.05, 3.63) is 51.8 Å². The quantitative estimate of drug-likeness (QED) is 0.0573. The number of carbonyl (C=O) groups is 7. The molecule has 1 saturated carbocycles. The number of hydrogen-bond acceptors (Lipinski definition) is 21. The minimum atomic E-state index is -1.97. The smallest absolute Gasteiger partial charge is 0.410 e. The van der Waals surface area contributed by atoms with Gasteiger partial charge in [-0.25, -0.2) is 24.0 Å². The normalized spacial score (nSPS) is 26.4. The van der Waals surface area contributed by atoms with Crippen LogP contribution in [0.5, 0.6) is 0 Å². The molecule has 3 aliphatic rings. The number of aliphatic hydroxyl groups excluding tert-OH is 3. The van der Waals surface area contributed by atoms with E-state index in [0.717, 1.165) is 4.90 Å². The molecule has 1 saturated heterocycles. The summed E-state index contributed by atoms with van der Waals surface area (Å²) >= 11 is 0. The lowest BCUT2D eigenvalue weighted by molar-refractivity contribution is -0.384. The number of ether oxygens (including phenoxy) is 8. The van der Waals surface area contributed by atoms with E-state index in [4.69, 9.17) is 37.9 Å². The first kappa shape index (κ1) is 68.7. The molecule has 1 aromatic rings. The Morgan fingerprint density at radius 1 is 0.771 bits per heavy atom. The summed E-state index contributed by atoms with van der Waals surface area (Å²) in [6.45, 7) is 20.7. The van der Waals surface area contributed by atoms with E-state index in [1.54, 1.807) is 83.1 Å². The molecular weight excluding hydrogens is 1100 g/mol. The lowest BCUT2D eigenvalue weighted by atomic mass is 9.72. The first-order valence-electron chi connectivity index (χ1n) is 27.2. The van der Waals surface area contributed by atoms with Crippen LogP contribution < -0.4 is 31.9 Å². The second-order valence-corrected chi connectivity index (χ2v) is 24.9. The molecule has 13 atom stereocenters. The summed E-state index contributed by atoms with van der Waals surface area (Å²) in [6.07, 6.45) is -14.7. The van der Waals surface area contributed by atoms with Crippen LogP contribution >= 0.6 is 0 Å². The van der Waals surface area contributed by atoms with E-state index in [1.807, 2.05) is 0 Å². The maximum absolute atomic E-state index is 14.1. The molecule has 468 valence electrons. The molecule has 0 bridgehead atoms. The third-order valence-corrected chi connectivity index (χ3v) is 12.7. The molecule has 10 N–H and O–H groups in total. The maximum Gasteiger partial charge on any atom is 0.410 e. The number of hydrogen-bond donors (Lipinski definition) is 10. The van der Waals surface area contributed by atoms with Gasteiger partial charge in [-0.2, -0.15) is 0 Å². The fraction of sp³-hybridized carbons (Fsp3) is 0.722. The molecule has 1 aliphatic carbocycles. The van der Waals surface area contributed by atoms with Gasteiger partial charge in [0.25, 0.3) is 5.69 Å². The van der Waals surface area contributed by atoms with Gasteiger partial charge in [0.1, 0.15) is 70.8 Å². The predicted octanol–water partition coefficient (Wildman–Crippen LogP) is 3.02. The molecule has 7 amide bonds. The third kappa shape index (κ3) is 21.7. The molecule has 2 fully saturated rings. The number of nitrogens with one attached hydrogen (secondary N) is 6. The summed E-state index contributed by atoms with van der Waals surface area (Å²) in [5, 5.41) is 74.9. The lowest BCUT2D eigenvalue weighted by Gasteiger charge is -2.52. The van der Waals surface area contributed by atoms with Crippen molar-refractivity contribution in [3.8, 4) is 0 Å². The van der Waals surface area contributed by atoms with Gasteiger partial charge in [0, 0.05) is 37.7 Å². The molecule has 29 heteroatoms. The van der Waals surface area contributed by atoms with Crippen LogP contribution in [0.1, 0.15) is 122 Å². The van der Waals surface area contributed by atoms with Crippen molar-refractivity contribution in [2.75, 3.05) is 26.7 Å². The zero-order valence-electron chi connectivity index (χ0n) is 49.9. The van der Waals surface area contributed by atoms with Crippen LogP contribution in [0.15, 0.2) is 36.1 Å². The number of alkyl carbamates (subject to hydrolysis) is 4. The van der Waals surface area contributed by atoms with E-state index >= 15 is 0 Å². The van der Waals surface area contributed by atoms with E-state index < -0.39 is 161 Å². The summed E-state index contributed by atoms with van der Waals surface area (Å²) < 4.78 is 46.1. The first-order chi connectivity index (χ1) is 38.1. The van der Waals surface area contributed by atoms with E-state index in [-0.39, 0.29) is 44.0 Å². The van der Waals surface area contributed by atoms with Gasteiger partial charge in [-0.3, -0.25) is 19.7 Å². The molecule has 0 spiro atoms. The number of nitro benzene ring substituents is 1. The summed E-state index contributed by atoms with van der Waals surface area (Å²) in [7, 11) is 1.27. The van der Waals surface area contributed by atoms with Crippen molar-refractivity contribution in [3.63, 3.8) is 0 Å². The molecule has 1 aromatic carbocycles. The molecule has 2 heterocycles. The lowest BCUT2D eigenvalue weighted by Crippen LogP contribution is -2.71. The Morgan fingerprint density at radius 2 is 1.34 bits per heavy atom. The van der Waals surface area contributed by atoms with Gasteiger partial charge in [0.05, 0.1) is 42.3 Å². The van der Waals surface area contributed by atoms with Gasteiger partial charge in [-0.1, -0.05) is 0 Å². The third-order valence-electron chi connectivity index (χ3n) is 12.7. The average molecular weight is 1180 g/mol. The Kier molecular flexibility index (Phi) is 23.3. The zero-order chi connectivity index (χ0) is 62.7. The fourth-order valence-electron chi connectivity index (χ4n) is 9.20. The predicted molar refractivity (Wildman–Crippen MR) is 293 cm³/mol. The molecular formula is C54H86N8O21. The number of amides is 7. The number of non-ortho nitro benzene ring substituents is 1. The average Bonchev–Trinajstić information content (AvgIpc) is 2.01. The van der Waals surface area contributed by atoms with Crippen molar-refractivity contribution in [1.29, 1.82) is 0 Å². The van der Waals surface area contributed by atoms with E-state index in [1.165, 1.54) is 51.2 Å². The van der Waals surface area contributed by atoms with E-state index in [2.05, 4.69) is 31.9 Å². The fourth-order valence-corrected chi connectivity index (χ4v) is 9.20. The molecule has 2 aliphatic heterocycles. The molecule has 0 aromatic heterocycles. The second kappa shape index (κ2) is 28.2. The van der Waals surface area contributed by atoms with Crippen LogP contribution in [0.25, 0.3) is 0 Å². The monoisotopic (exact) mass is 1180 g/mol. The largest absolute Gasteiger partial charge is 0.491 e. The first-order valence-corrected chi connectivity index (χ1v) is 27.2. The number of nitro groups is 1. The Bertz CT molecular complexity index is 2470. The molecule has 83 heavy (non-hydrogen) atoms. The summed E-state index contributed by atoms with van der Waals surface area (Å²) in [4.78, 5) is 105. The minimum absolute atomic E-state index is 0.0493. The topological polar surface area (TPSA) is 393 Å². The van der Waals surface area contributed by atoms with Gasteiger partial charge < -0.3 is 95.1 Å². The van der Waals surface area contributed by atoms with Crippen molar-refractivity contribution >= 4 is 48.0 Å². The van der Waals surface area contributed by atoms with Gasteiger partial charge in [0.2, 0.25) is 11.8 Å². The summed E-state index contributed by atoms with van der Waals surface area (Å²) in [5.41, 5.74) is -5.57. The highest BCUT2D eigenvalue weighted by Crippen LogP contribution is 2.39. The maximum atomic E-state index is 14.1. The number of benzene rings is 1. The van der Waals surface area contributed by atoms with Crippen molar-refractivity contribution in [2.45, 2.75) is 218 Å². The van der Waals surface area contributed by atoms with Crippen LogP contribution in [0, 0.1) is 16.0 Å². The molecule has 29 nitrogen and oxygen atoms in total. The van der Waals surface area contributed by atoms with Crippen LogP contribution in [-0.4, -0.2) is 194 Å². The van der Waals surface area contributed by atoms with Crippen molar-refractivity contribution < 1.29 is 96.8 Å². The Labute approximate surface area is 482 Å². The van der Waals surface area contributed by atoms with Crippen molar-refractivity contribution in [1.82, 2.24) is 36.8 Å². The van der Waals surface area contributed by atoms with Crippen LogP contribution in [-0.2, 0) is 54.1 Å². The zero-order valence-corrected chi connectivity index (χ0v) is 49.9. The van der Waals surface area contributed by atoms with Gasteiger partial charge in [0.15, 0.2) is 6.29 Å². The molecule has 4 rings (SSSR count). The number of nitrogens with zero attached hydrogens (tertiary/aromatic N) is 2. The Morgan fingerprint density at radius 3 is 1.92 bits per heavy atom. The second-order valence-electron chi connectivity index (χ2n) is 24.9. The Balaban J connectivity index is 1.81. The number of aliphatic hydroxyl groups is 4. The molecule has 2 unspecified atom stereocenters. The van der Waals surface area contributed by atoms with Gasteiger partial charge >= 0.3 is 30.5 Å². The van der Waals surface area contributed by atoms with Crippen LogP contribution in [0.4, 0.5) is 29.7 Å². The highest BCUT2D eigenvalue weighted by atomic mass is 16.7. The number of rotatable bonds is 18. The highest BCUT2D eigenvalue weighted by molar-refractivity contribution is 5.85. The SMILES string of the molecule is CC(NC(=O)OC(C)(C)C)C(=O)N[C@@H]1CC=C(CNC(=O)OCc2ccc([N+](=O)[O-])cc2)O[C@@H]1C1[C@@H](NC(=O)OC(C)(C)C)C[C@@H](NC(=O)[C@@H](O)CCNC(=O)OC(C)(C)C)[C@H](O[C@H]2OC[C@](C)(O)[C@H](N(C)C(=O)OC(C)(C)C)[C@H]2O)[C@H]1O. The van der Waals surface area contributed by atoms with Gasteiger partial charge in [-0.15, -0.1) is 0 Å². The minimum Gasteiger partial charge on any atom is -0.491 e. The standard InChI is InChI=1S/C54H86N8O21/c1-28(57-47(70)81-51(5,6)7)42(66)58-32-21-20-31(25-56-45(68)76-26-29-16-18-30(19-17-29)62(74)75)78-39(32)36-33(60-48(71)82-52(8,9)10)24-34(59-43(67)35(63)22-23-55-46(69)80-50(2,3)4)40(37(36)64)79-44-38(65)41(54(14,73)27-77-44)61(15)49(72)83-53(11,12)13/h16-20,28,32-41,44,63-65,73H,21-27H2,1-15H3,(H,55,69)(H,56,68)(H,57,70)(H,58,66)(H,59,67)(H,60,71)/t28?,32-,33+,34-,35+,36?,37+,38-,39+,40+,41-,44-,54+/m1/s1. The van der Waals surface area contributed by atoms with E-state index in [9.17, 15) is 64.1 Å². The van der Waals surface area contributed by atoms with Crippen molar-refractivity contribution in [2.24, 2.45) is 5.92 Å². The number of carbonyl (C=O) groups excluding carboxylic acids is 7. The van der Waals surface area contributed by atoms with Gasteiger partial charge in [-0.05, 0) is 140 Å². The number of likely N-dealkylation sites (N-methyl/N-ethyl adjacent to an activating group) is 1. The van der Waals surface area contributed by atoms with Crippen LogP contribution in [0.3, 0.4) is 0 Å². The summed E-state index contributed by atoms with van der Waals surface area (Å²) in [5.74, 6) is -3.22. The van der Waals surface area contributed by atoms with Crippen LogP contribution in [0.2, 0.25) is 0 Å². The molecule has 0 radical (unpaired) electrons. The van der Waals surface area contributed by atoms with E-state index in [0.29, 0.717) is 5.56 Å².